The zero-order valence-corrected chi connectivity index (χ0v) is 27.2. The molecule has 0 atom stereocenters. The Morgan fingerprint density at radius 2 is 1.72 bits per heavy atom. The van der Waals surface area contributed by atoms with Crippen molar-refractivity contribution in [2.24, 2.45) is 4.99 Å². The molecule has 1 heterocycles. The third-order valence-electron chi connectivity index (χ3n) is 7.06. The molecule has 4 rings (SSSR count). The summed E-state index contributed by atoms with van der Waals surface area (Å²) in [5.74, 6) is -1.57. The van der Waals surface area contributed by atoms with Crippen LogP contribution in [0.5, 0.6) is 11.5 Å². The molecule has 3 aromatic carbocycles. The van der Waals surface area contributed by atoms with E-state index in [1.54, 1.807) is 56.4 Å². The molecule has 0 unspecified atom stereocenters. The molecule has 8 nitrogen and oxygen atoms in total. The Kier molecular flexibility index (Phi) is 12.3. The Labute approximate surface area is 279 Å². The van der Waals surface area contributed by atoms with Crippen LogP contribution in [0.15, 0.2) is 133 Å². The predicted octanol–water partition coefficient (Wildman–Crippen LogP) is 6.91. The smallest absolute Gasteiger partial charge is 0.285 e. The Hall–Kier alpha value is -5.41. The van der Waals surface area contributed by atoms with Gasteiger partial charge >= 0.3 is 0 Å². The minimum Gasteiger partial charge on any atom is -0.504 e. The summed E-state index contributed by atoms with van der Waals surface area (Å²) in [5, 5.41) is 13.8. The molecule has 47 heavy (non-hydrogen) atoms. The number of aromatic hydroxyl groups is 1. The van der Waals surface area contributed by atoms with E-state index in [2.05, 4.69) is 23.5 Å². The fourth-order valence-electron chi connectivity index (χ4n) is 4.91. The number of hydrogen-bond acceptors (Lipinski definition) is 6. The molecule has 0 bridgehead atoms. The molecule has 0 radical (unpaired) electrons. The van der Waals surface area contributed by atoms with Crippen LogP contribution in [-0.4, -0.2) is 45.3 Å². The van der Waals surface area contributed by atoms with Crippen LogP contribution in [0.3, 0.4) is 0 Å². The fourth-order valence-corrected chi connectivity index (χ4v) is 5.72. The second-order valence-electron chi connectivity index (χ2n) is 10.3. The lowest BCUT2D eigenvalue weighted by Crippen LogP contribution is -2.42. The van der Waals surface area contributed by atoms with Crippen molar-refractivity contribution in [3.05, 3.63) is 150 Å². The number of carbonyl (C=O) groups is 3. The Morgan fingerprint density at radius 3 is 2.30 bits per heavy atom. The first kappa shape index (κ1) is 34.5. The number of amides is 3. The quantitative estimate of drug-likeness (QED) is 0.0904. The highest BCUT2D eigenvalue weighted by Crippen LogP contribution is 2.34. The first-order chi connectivity index (χ1) is 22.8. The molecule has 2 N–H and O–H groups in total. The summed E-state index contributed by atoms with van der Waals surface area (Å²) in [5.41, 5.74) is 3.09. The van der Waals surface area contributed by atoms with E-state index in [4.69, 9.17) is 4.74 Å². The molecule has 0 fully saturated rings. The summed E-state index contributed by atoms with van der Waals surface area (Å²) < 4.78 is 5.59. The van der Waals surface area contributed by atoms with Gasteiger partial charge in [0.25, 0.3) is 11.8 Å². The third kappa shape index (κ3) is 8.65. The summed E-state index contributed by atoms with van der Waals surface area (Å²) in [7, 11) is 0. The number of nitrogens with zero attached hydrogens (tertiary/aromatic N) is 2. The fraction of sp³-hybridized carbons (Fsp3) is 0.158. The Bertz CT molecular complexity index is 1720. The zero-order chi connectivity index (χ0) is 33.8. The number of phenols is 1. The van der Waals surface area contributed by atoms with Crippen LogP contribution in [0.1, 0.15) is 42.1 Å². The van der Waals surface area contributed by atoms with Crippen LogP contribution in [0.2, 0.25) is 0 Å². The number of rotatable bonds is 13. The van der Waals surface area contributed by atoms with Gasteiger partial charge in [0.1, 0.15) is 5.57 Å². The molecule has 0 aliphatic carbocycles. The topological polar surface area (TPSA) is 108 Å². The molecule has 1 aliphatic heterocycles. The number of amidine groups is 1. The van der Waals surface area contributed by atoms with E-state index in [1.807, 2.05) is 60.7 Å². The van der Waals surface area contributed by atoms with Gasteiger partial charge < -0.3 is 15.2 Å². The van der Waals surface area contributed by atoms with Crippen LogP contribution in [0.25, 0.3) is 6.08 Å². The van der Waals surface area contributed by atoms with Crippen LogP contribution in [0, 0.1) is 0 Å². The number of hydrogen-bond donors (Lipinski definition) is 2. The summed E-state index contributed by atoms with van der Waals surface area (Å²) in [6, 6.07) is 22.1. The lowest BCUT2D eigenvalue weighted by Gasteiger charge is -2.28. The highest BCUT2D eigenvalue weighted by molar-refractivity contribution is 8.14. The van der Waals surface area contributed by atoms with Gasteiger partial charge in [0, 0.05) is 11.3 Å². The second kappa shape index (κ2) is 16.8. The molecular weight excluding hydrogens is 611 g/mol. The summed E-state index contributed by atoms with van der Waals surface area (Å²) >= 11 is 0.989. The van der Waals surface area contributed by atoms with E-state index in [9.17, 15) is 19.5 Å². The van der Waals surface area contributed by atoms with Crippen molar-refractivity contribution >= 4 is 40.7 Å². The van der Waals surface area contributed by atoms with Gasteiger partial charge in [-0.2, -0.15) is 4.99 Å². The van der Waals surface area contributed by atoms with Gasteiger partial charge in [-0.1, -0.05) is 103 Å². The van der Waals surface area contributed by atoms with Gasteiger partial charge in [-0.05, 0) is 61.2 Å². The number of benzene rings is 3. The van der Waals surface area contributed by atoms with Crippen molar-refractivity contribution in [1.82, 2.24) is 10.2 Å². The van der Waals surface area contributed by atoms with Crippen molar-refractivity contribution in [3.63, 3.8) is 0 Å². The van der Waals surface area contributed by atoms with E-state index in [0.29, 0.717) is 29.9 Å². The highest BCUT2D eigenvalue weighted by atomic mass is 32.2. The number of aliphatic imine (C=N–C) groups is 1. The van der Waals surface area contributed by atoms with Gasteiger partial charge in [0.05, 0.1) is 18.4 Å². The molecule has 9 heteroatoms. The summed E-state index contributed by atoms with van der Waals surface area (Å²) in [4.78, 5) is 46.4. The number of ether oxygens (including phenoxy) is 1. The standard InChI is InChI=1S/C38H37N3O5S/c1-5-9-21-30(7-3)41-37(45)31(23-26-22-29(16-6-2)35(43)32(24-26)46-8-4)36(44)40-38(41)47-25-33(42)39-34(27-17-12-10-13-18-27)28-19-14-11-15-20-28/h5-7,9-15,17-24,34,43H,1-2,8,16,25H2,3-4H3,(H,39,42)/b21-9-,30-7+,31-23+. The van der Waals surface area contributed by atoms with Crippen molar-refractivity contribution < 1.29 is 24.2 Å². The molecule has 0 saturated heterocycles. The molecule has 0 saturated carbocycles. The Morgan fingerprint density at radius 1 is 1.06 bits per heavy atom. The maximum absolute atomic E-state index is 14.0. The average molecular weight is 648 g/mol. The summed E-state index contributed by atoms with van der Waals surface area (Å²) in [6.07, 6.45) is 10.0. The third-order valence-corrected chi connectivity index (χ3v) is 8.00. The SMILES string of the molecule is C=C/C=C\C(=C/C)N1C(=O)/C(=C/c2cc(CC=C)c(O)c(OCC)c2)C(=O)N=C1SCC(=O)NC(c1ccccc1)c1ccccc1. The van der Waals surface area contributed by atoms with E-state index < -0.39 is 17.9 Å². The largest absolute Gasteiger partial charge is 0.504 e. The van der Waals surface area contributed by atoms with Crippen LogP contribution >= 0.6 is 11.8 Å². The van der Waals surface area contributed by atoms with E-state index in [-0.39, 0.29) is 33.9 Å². The van der Waals surface area contributed by atoms with Gasteiger partial charge in [-0.25, -0.2) is 0 Å². The molecule has 0 aromatic heterocycles. The van der Waals surface area contributed by atoms with Crippen LogP contribution in [-0.2, 0) is 20.8 Å². The van der Waals surface area contributed by atoms with Gasteiger partial charge in [-0.3, -0.25) is 19.3 Å². The second-order valence-corrected chi connectivity index (χ2v) is 11.2. The van der Waals surface area contributed by atoms with Crippen LogP contribution in [0.4, 0.5) is 0 Å². The molecule has 0 spiro atoms. The number of allylic oxidation sites excluding steroid dienone is 5. The van der Waals surface area contributed by atoms with Crippen molar-refractivity contribution in [2.45, 2.75) is 26.3 Å². The predicted molar refractivity (Wildman–Crippen MR) is 189 cm³/mol. The molecule has 1 aliphatic rings. The van der Waals surface area contributed by atoms with E-state index in [0.717, 1.165) is 22.9 Å². The first-order valence-electron chi connectivity index (χ1n) is 15.1. The number of thioether (sulfide) groups is 1. The molecule has 3 amide bonds. The Balaban J connectivity index is 1.66. The maximum Gasteiger partial charge on any atom is 0.285 e. The normalized spacial score (nSPS) is 14.4. The van der Waals surface area contributed by atoms with Crippen molar-refractivity contribution in [3.8, 4) is 11.5 Å². The maximum atomic E-state index is 14.0. The number of phenolic OH excluding ortho intramolecular Hbond substituents is 1. The molecule has 3 aromatic rings. The lowest BCUT2D eigenvalue weighted by atomic mass is 9.99. The molecular formula is C38H37N3O5S. The lowest BCUT2D eigenvalue weighted by molar-refractivity contribution is -0.126. The van der Waals surface area contributed by atoms with Crippen molar-refractivity contribution in [2.75, 3.05) is 12.4 Å². The minimum absolute atomic E-state index is 0.0284. The first-order valence-corrected chi connectivity index (χ1v) is 16.1. The van der Waals surface area contributed by atoms with Crippen LogP contribution < -0.4 is 10.1 Å². The minimum atomic E-state index is -0.750. The van der Waals surface area contributed by atoms with Gasteiger partial charge in [0.15, 0.2) is 16.7 Å². The van der Waals surface area contributed by atoms with Gasteiger partial charge in [-0.15, -0.1) is 6.58 Å². The van der Waals surface area contributed by atoms with E-state index >= 15 is 0 Å². The summed E-state index contributed by atoms with van der Waals surface area (Å²) in [6.45, 7) is 11.3. The zero-order valence-electron chi connectivity index (χ0n) is 26.4. The number of carbonyl (C=O) groups excluding carboxylic acids is 3. The van der Waals surface area contributed by atoms with Crippen molar-refractivity contribution in [1.29, 1.82) is 0 Å². The monoisotopic (exact) mass is 647 g/mol. The number of nitrogens with one attached hydrogen (secondary N) is 1. The average Bonchev–Trinajstić information content (AvgIpc) is 3.08. The highest BCUT2D eigenvalue weighted by Gasteiger charge is 2.35. The van der Waals surface area contributed by atoms with E-state index in [1.165, 1.54) is 11.0 Å². The molecule has 240 valence electrons. The van der Waals surface area contributed by atoms with Gasteiger partial charge in [0.2, 0.25) is 5.91 Å².